The van der Waals surface area contributed by atoms with Crippen molar-refractivity contribution < 1.29 is 105 Å². The van der Waals surface area contributed by atoms with E-state index in [1.165, 1.54) is 12.2 Å². The fraction of sp³-hybridized carbons (Fsp3) is 0.733. The van der Waals surface area contributed by atoms with Crippen LogP contribution in [0.4, 0.5) is 35.1 Å². The topological polar surface area (TPSA) is 204 Å². The summed E-state index contributed by atoms with van der Waals surface area (Å²) >= 11 is 0. The van der Waals surface area contributed by atoms with E-state index in [1.807, 2.05) is 0 Å². The summed E-state index contributed by atoms with van der Waals surface area (Å²) in [4.78, 5) is 72.4. The van der Waals surface area contributed by atoms with Gasteiger partial charge in [-0.25, -0.2) is 4.74 Å². The van der Waals surface area contributed by atoms with Gasteiger partial charge in [-0.05, 0) is 24.7 Å². The monoisotopic (exact) mass is 831 g/mol. The lowest BCUT2D eigenvalue weighted by atomic mass is 9.85. The third-order valence-electron chi connectivity index (χ3n) is 8.88. The first-order chi connectivity index (χ1) is 25.2. The maximum absolute atomic E-state index is 14.9. The van der Waals surface area contributed by atoms with Gasteiger partial charge in [0.1, 0.15) is 12.7 Å². The number of halogens is 8. The maximum Gasteiger partial charge on any atom is 0.454 e. The molecule has 0 N–H and O–H groups in total. The van der Waals surface area contributed by atoms with Crippen LogP contribution in [0.15, 0.2) is 12.2 Å². The van der Waals surface area contributed by atoms with Crippen molar-refractivity contribution in [1.29, 1.82) is 0 Å². The van der Waals surface area contributed by atoms with Crippen molar-refractivity contribution in [1.82, 2.24) is 4.31 Å². The second-order valence-electron chi connectivity index (χ2n) is 12.8. The molecule has 310 valence electrons. The van der Waals surface area contributed by atoms with Gasteiger partial charge in [0.15, 0.2) is 24.6 Å². The van der Waals surface area contributed by atoms with E-state index < -0.39 is 154 Å². The van der Waals surface area contributed by atoms with Crippen molar-refractivity contribution in [2.45, 2.75) is 101 Å². The quantitative estimate of drug-likeness (QED) is 0.0547. The van der Waals surface area contributed by atoms with Gasteiger partial charge in [0.25, 0.3) is 0 Å². The summed E-state index contributed by atoms with van der Waals surface area (Å²) in [6, 6.07) is 0. The van der Waals surface area contributed by atoms with Crippen LogP contribution in [-0.2, 0) is 71.9 Å². The van der Waals surface area contributed by atoms with Crippen LogP contribution >= 0.6 is 0 Å². The smallest absolute Gasteiger partial charge is 0.454 e. The summed E-state index contributed by atoms with van der Waals surface area (Å²) in [6.45, 7) is 1.71. The number of alkyl halides is 8. The van der Waals surface area contributed by atoms with Crippen LogP contribution in [0.3, 0.4) is 0 Å². The lowest BCUT2D eigenvalue weighted by molar-refractivity contribution is -0.456. The number of carbonyl (C=O) groups is 6. The van der Waals surface area contributed by atoms with Crippen LogP contribution in [0.1, 0.15) is 47.0 Å². The highest BCUT2D eigenvalue weighted by atomic mass is 32.2. The molecular formula is C30H33F8NO15S. The predicted octanol–water partition coefficient (Wildman–Crippen LogP) is 2.43. The number of sulfonamides is 1. The van der Waals surface area contributed by atoms with Crippen molar-refractivity contribution in [3.05, 3.63) is 12.2 Å². The molecule has 2 heterocycles. The molecule has 4 aliphatic rings. The second-order valence-corrected chi connectivity index (χ2v) is 14.7. The van der Waals surface area contributed by atoms with E-state index in [4.69, 9.17) is 28.4 Å². The number of fused-ring (bicyclic) bond motifs is 5. The van der Waals surface area contributed by atoms with E-state index in [-0.39, 0.29) is 6.42 Å². The molecule has 2 bridgehead atoms. The zero-order valence-corrected chi connectivity index (χ0v) is 29.7. The Morgan fingerprint density at radius 3 is 1.75 bits per heavy atom. The first-order valence-electron chi connectivity index (χ1n) is 16.1. The van der Waals surface area contributed by atoms with Gasteiger partial charge >= 0.3 is 57.3 Å². The first kappa shape index (κ1) is 43.8. The Labute approximate surface area is 305 Å². The number of imide groups is 1. The number of esters is 4. The number of allylic oxidation sites excluding steroid dienone is 2. The Kier molecular flexibility index (Phi) is 12.3. The normalized spacial score (nSPS) is 29.6. The molecule has 1 saturated carbocycles. The SMILES string of the molecule is CC(=O)OCC1O[C@@H](OCCCC(F)(F)C(F)(F)OC(F)(F)C(F)(F)S(=O)(=O)N2C(=O)C3C4C=CC(C4)C3C2=O)C(OC(C)=O)[C@@H](OC(C)=O)[C@H]1OC(C)=O. The van der Waals surface area contributed by atoms with Gasteiger partial charge in [0.05, 0.1) is 18.4 Å². The molecule has 25 heteroatoms. The molecule has 2 amide bonds. The minimum Gasteiger partial charge on any atom is -0.463 e. The lowest BCUT2D eigenvalue weighted by Crippen LogP contribution is -2.63. The molecule has 2 aliphatic heterocycles. The van der Waals surface area contributed by atoms with Crippen molar-refractivity contribution >= 4 is 45.7 Å². The summed E-state index contributed by atoms with van der Waals surface area (Å²) < 4.78 is 175. The molecule has 16 nitrogen and oxygen atoms in total. The Morgan fingerprint density at radius 2 is 1.25 bits per heavy atom. The average molecular weight is 832 g/mol. The van der Waals surface area contributed by atoms with E-state index in [1.54, 1.807) is 0 Å². The van der Waals surface area contributed by atoms with Crippen molar-refractivity contribution in [3.63, 3.8) is 0 Å². The fourth-order valence-corrected chi connectivity index (χ4v) is 7.92. The molecule has 0 aromatic rings. The van der Waals surface area contributed by atoms with E-state index in [0.717, 1.165) is 27.7 Å². The Balaban J connectivity index is 1.47. The number of carbonyl (C=O) groups excluding carboxylic acids is 6. The molecule has 0 aromatic heterocycles. The minimum atomic E-state index is -7.19. The lowest BCUT2D eigenvalue weighted by Gasteiger charge is -2.44. The standard InChI is InChI=1S/C30H33F8NO15S/c1-12(40)49-11-18-21(50-13(2)41)22(51-14(3)42)23(52-15(4)43)26(53-18)48-9-5-8-27(31,32)28(33,34)54-29(35,36)30(37,38)55(46,47)39-24(44)19-16-6-7-17(10-16)20(19)25(39)45/h6-7,16-23,26H,5,8-11H2,1-4H3/t16?,17?,18?,19?,20?,21-,22-,23?,26+/m0/s1. The number of rotatable bonds is 16. The van der Waals surface area contributed by atoms with E-state index in [9.17, 15) is 72.3 Å². The highest BCUT2D eigenvalue weighted by molar-refractivity contribution is 7.91. The molecule has 2 aliphatic carbocycles. The molecule has 0 radical (unpaired) electrons. The number of nitrogens with zero attached hydrogens (tertiary/aromatic N) is 1. The highest BCUT2D eigenvalue weighted by Crippen LogP contribution is 2.55. The summed E-state index contributed by atoms with van der Waals surface area (Å²) in [6.07, 6.45) is -23.0. The third-order valence-corrected chi connectivity index (χ3v) is 10.6. The van der Waals surface area contributed by atoms with Crippen LogP contribution in [0, 0.1) is 23.7 Å². The van der Waals surface area contributed by atoms with Gasteiger partial charge in [-0.3, -0.25) is 28.8 Å². The first-order valence-corrected chi connectivity index (χ1v) is 17.5. The zero-order valence-electron chi connectivity index (χ0n) is 28.9. The number of amides is 2. The van der Waals surface area contributed by atoms with Crippen LogP contribution in [0.25, 0.3) is 0 Å². The van der Waals surface area contributed by atoms with E-state index >= 15 is 0 Å². The Bertz CT molecular complexity index is 1680. The molecule has 0 aromatic carbocycles. The van der Waals surface area contributed by atoms with Crippen LogP contribution < -0.4 is 0 Å². The van der Waals surface area contributed by atoms with Gasteiger partial charge in [0, 0.05) is 34.1 Å². The Hall–Kier alpha value is -3.97. The molecule has 55 heavy (non-hydrogen) atoms. The molecule has 3 fully saturated rings. The number of hydrogen-bond donors (Lipinski definition) is 0. The minimum absolute atomic E-state index is 0.158. The van der Waals surface area contributed by atoms with Gasteiger partial charge < -0.3 is 28.4 Å². The molecule has 0 spiro atoms. The van der Waals surface area contributed by atoms with Crippen LogP contribution in [0.5, 0.6) is 0 Å². The van der Waals surface area contributed by atoms with E-state index in [0.29, 0.717) is 0 Å². The summed E-state index contributed by atoms with van der Waals surface area (Å²) in [5.41, 5.74) is 0. The summed E-state index contributed by atoms with van der Waals surface area (Å²) in [5, 5.41) is -6.87. The van der Waals surface area contributed by atoms with Crippen molar-refractivity contribution in [3.8, 4) is 0 Å². The summed E-state index contributed by atoms with van der Waals surface area (Å²) in [5.74, 6) is -18.1. The Morgan fingerprint density at radius 1 is 0.764 bits per heavy atom. The third kappa shape index (κ3) is 8.43. The van der Waals surface area contributed by atoms with Gasteiger partial charge in [0.2, 0.25) is 11.8 Å². The largest absolute Gasteiger partial charge is 0.463 e. The van der Waals surface area contributed by atoms with Crippen molar-refractivity contribution in [2.24, 2.45) is 23.7 Å². The number of hydrogen-bond acceptors (Lipinski definition) is 15. The fourth-order valence-electron chi connectivity index (χ4n) is 6.63. The molecule has 4 rings (SSSR count). The highest BCUT2D eigenvalue weighted by Gasteiger charge is 2.77. The van der Waals surface area contributed by atoms with Gasteiger partial charge in [-0.2, -0.15) is 47.8 Å². The second kappa shape index (κ2) is 15.5. The van der Waals surface area contributed by atoms with Crippen LogP contribution in [-0.4, -0.2) is 116 Å². The molecule has 2 saturated heterocycles. The van der Waals surface area contributed by atoms with Gasteiger partial charge in [-0.15, -0.1) is 0 Å². The van der Waals surface area contributed by atoms with E-state index in [2.05, 4.69) is 4.74 Å². The molecule has 9 atom stereocenters. The van der Waals surface area contributed by atoms with Crippen LogP contribution in [0.2, 0.25) is 0 Å². The average Bonchev–Trinajstić information content (AvgIpc) is 3.72. The number of ether oxygens (including phenoxy) is 7. The zero-order chi connectivity index (χ0) is 41.6. The predicted molar refractivity (Wildman–Crippen MR) is 157 cm³/mol. The van der Waals surface area contributed by atoms with Gasteiger partial charge in [-0.1, -0.05) is 12.2 Å². The maximum atomic E-state index is 14.9. The van der Waals surface area contributed by atoms with Crippen molar-refractivity contribution in [2.75, 3.05) is 13.2 Å². The molecular weight excluding hydrogens is 798 g/mol. The summed E-state index contributed by atoms with van der Waals surface area (Å²) in [7, 11) is -7.19. The molecule has 6 unspecified atom stereocenters.